The zero-order valence-electron chi connectivity index (χ0n) is 17.6. The quantitative estimate of drug-likeness (QED) is 0.619. The van der Waals surface area contributed by atoms with E-state index in [1.165, 1.54) is 21.4 Å². The van der Waals surface area contributed by atoms with Crippen molar-refractivity contribution < 1.29 is 22.8 Å². The van der Waals surface area contributed by atoms with E-state index in [0.29, 0.717) is 37.1 Å². The van der Waals surface area contributed by atoms with Gasteiger partial charge in [0.2, 0.25) is 5.82 Å². The summed E-state index contributed by atoms with van der Waals surface area (Å²) in [5.74, 6) is -0.694. The Labute approximate surface area is 182 Å². The number of hydrogen-bond acceptors (Lipinski definition) is 4. The maximum absolute atomic E-state index is 13.4. The molecule has 0 spiro atoms. The van der Waals surface area contributed by atoms with Crippen LogP contribution in [0.3, 0.4) is 0 Å². The van der Waals surface area contributed by atoms with E-state index in [1.54, 1.807) is 43.4 Å². The number of amides is 2. The molecule has 0 atom stereocenters. The van der Waals surface area contributed by atoms with Gasteiger partial charge in [0.05, 0.1) is 5.56 Å². The molecule has 1 saturated heterocycles. The summed E-state index contributed by atoms with van der Waals surface area (Å²) in [6.45, 7) is 0.642. The summed E-state index contributed by atoms with van der Waals surface area (Å²) in [7, 11) is 3.28. The second kappa shape index (κ2) is 8.25. The van der Waals surface area contributed by atoms with Crippen LogP contribution in [0.2, 0.25) is 0 Å². The number of hydrogen-bond donors (Lipinski definition) is 0. The van der Waals surface area contributed by atoms with E-state index in [4.69, 9.17) is 0 Å². The minimum absolute atomic E-state index is 0.109. The fraction of sp³-hybridized carbons (Fsp3) is 0.364. The molecule has 0 radical (unpaired) electrons. The minimum atomic E-state index is -4.41. The van der Waals surface area contributed by atoms with Crippen molar-refractivity contribution in [1.29, 1.82) is 0 Å². The molecule has 3 aromatic rings. The number of pyridine rings is 1. The number of carbonyl (C=O) groups is 2. The first kappa shape index (κ1) is 21.8. The van der Waals surface area contributed by atoms with E-state index < -0.39 is 11.7 Å². The standard InChI is InChI=1S/C22H22F3N5O2/c1-28(2)20(31)15-9-12-30-18(13-15)26-27-19(30)21(32)29-10-7-14(8-11-29)16-5-3-4-6-17(16)22(23,24)25/h3-6,9,12-14H,7-8,10-11H2,1-2H3. The maximum atomic E-state index is 13.4. The van der Waals surface area contributed by atoms with Gasteiger partial charge in [0.25, 0.3) is 11.8 Å². The zero-order valence-corrected chi connectivity index (χ0v) is 17.6. The average Bonchev–Trinajstić information content (AvgIpc) is 3.20. The third kappa shape index (κ3) is 4.04. The van der Waals surface area contributed by atoms with Gasteiger partial charge in [-0.1, -0.05) is 18.2 Å². The van der Waals surface area contributed by atoms with Crippen molar-refractivity contribution in [1.82, 2.24) is 24.4 Å². The molecule has 7 nitrogen and oxygen atoms in total. The summed E-state index contributed by atoms with van der Waals surface area (Å²) in [5, 5.41) is 8.00. The highest BCUT2D eigenvalue weighted by Gasteiger charge is 2.36. The third-order valence-electron chi connectivity index (χ3n) is 5.74. The van der Waals surface area contributed by atoms with E-state index in [1.807, 2.05) is 0 Å². The van der Waals surface area contributed by atoms with Crippen LogP contribution in [-0.2, 0) is 6.18 Å². The molecular weight excluding hydrogens is 423 g/mol. The number of rotatable bonds is 3. The molecule has 1 aliphatic rings. The fourth-order valence-electron chi connectivity index (χ4n) is 4.07. The molecule has 168 valence electrons. The number of carbonyl (C=O) groups excluding carboxylic acids is 2. The van der Waals surface area contributed by atoms with Crippen LogP contribution < -0.4 is 0 Å². The van der Waals surface area contributed by atoms with Crippen LogP contribution in [0.15, 0.2) is 42.6 Å². The topological polar surface area (TPSA) is 70.8 Å². The molecule has 1 aromatic carbocycles. The smallest absolute Gasteiger partial charge is 0.345 e. The third-order valence-corrected chi connectivity index (χ3v) is 5.74. The van der Waals surface area contributed by atoms with Crippen LogP contribution >= 0.6 is 0 Å². The van der Waals surface area contributed by atoms with E-state index in [-0.39, 0.29) is 29.1 Å². The summed E-state index contributed by atoms with van der Waals surface area (Å²) < 4.78 is 41.6. The van der Waals surface area contributed by atoms with Gasteiger partial charge in [0.15, 0.2) is 5.65 Å². The molecule has 0 saturated carbocycles. The van der Waals surface area contributed by atoms with Gasteiger partial charge in [0, 0.05) is 38.9 Å². The minimum Gasteiger partial charge on any atom is -0.345 e. The lowest BCUT2D eigenvalue weighted by Crippen LogP contribution is -2.39. The Morgan fingerprint density at radius 3 is 2.41 bits per heavy atom. The van der Waals surface area contributed by atoms with Gasteiger partial charge in [-0.2, -0.15) is 13.2 Å². The monoisotopic (exact) mass is 445 g/mol. The van der Waals surface area contributed by atoms with Gasteiger partial charge < -0.3 is 9.80 Å². The van der Waals surface area contributed by atoms with Crippen molar-refractivity contribution in [2.24, 2.45) is 0 Å². The molecule has 0 bridgehead atoms. The molecule has 10 heteroatoms. The maximum Gasteiger partial charge on any atom is 0.416 e. The van der Waals surface area contributed by atoms with Gasteiger partial charge in [0.1, 0.15) is 0 Å². The molecule has 3 heterocycles. The molecule has 32 heavy (non-hydrogen) atoms. The van der Waals surface area contributed by atoms with Crippen LogP contribution in [-0.4, -0.2) is 63.4 Å². The lowest BCUT2D eigenvalue weighted by Gasteiger charge is -2.32. The molecule has 1 aliphatic heterocycles. The Hall–Kier alpha value is -3.43. The first-order chi connectivity index (χ1) is 15.2. The predicted molar refractivity (Wildman–Crippen MR) is 110 cm³/mol. The summed E-state index contributed by atoms with van der Waals surface area (Å²) in [6.07, 6.45) is -1.98. The number of likely N-dealkylation sites (tertiary alicyclic amines) is 1. The lowest BCUT2D eigenvalue weighted by molar-refractivity contribution is -0.138. The van der Waals surface area contributed by atoms with Crippen molar-refractivity contribution in [2.45, 2.75) is 24.9 Å². The second-order valence-corrected chi connectivity index (χ2v) is 8.02. The van der Waals surface area contributed by atoms with E-state index in [9.17, 15) is 22.8 Å². The first-order valence-electron chi connectivity index (χ1n) is 10.2. The van der Waals surface area contributed by atoms with Gasteiger partial charge in [-0.05, 0) is 42.5 Å². The van der Waals surface area contributed by atoms with E-state index >= 15 is 0 Å². The van der Waals surface area contributed by atoms with Crippen LogP contribution in [0.4, 0.5) is 13.2 Å². The summed E-state index contributed by atoms with van der Waals surface area (Å²) in [4.78, 5) is 28.2. The van der Waals surface area contributed by atoms with Crippen LogP contribution in [0.5, 0.6) is 0 Å². The molecule has 1 fully saturated rings. The number of benzene rings is 1. The fourth-order valence-corrected chi connectivity index (χ4v) is 4.07. The van der Waals surface area contributed by atoms with E-state index in [0.717, 1.165) is 6.07 Å². The summed E-state index contributed by atoms with van der Waals surface area (Å²) >= 11 is 0. The van der Waals surface area contributed by atoms with Gasteiger partial charge in [-0.15, -0.1) is 10.2 Å². The number of fused-ring (bicyclic) bond motifs is 1. The zero-order chi connectivity index (χ0) is 23.0. The van der Waals surface area contributed by atoms with Crippen molar-refractivity contribution in [3.63, 3.8) is 0 Å². The number of piperidine rings is 1. The molecular formula is C22H22F3N5O2. The van der Waals surface area contributed by atoms with Gasteiger partial charge in [-0.3, -0.25) is 14.0 Å². The molecule has 4 rings (SSSR count). The first-order valence-corrected chi connectivity index (χ1v) is 10.2. The SMILES string of the molecule is CN(C)C(=O)c1ccn2c(C(=O)N3CCC(c4ccccc4C(F)(F)F)CC3)nnc2c1. The average molecular weight is 445 g/mol. The normalized spacial score (nSPS) is 15.2. The Morgan fingerprint density at radius 2 is 1.75 bits per heavy atom. The lowest BCUT2D eigenvalue weighted by atomic mass is 9.86. The highest BCUT2D eigenvalue weighted by molar-refractivity contribution is 5.95. The Kier molecular flexibility index (Phi) is 5.62. The summed E-state index contributed by atoms with van der Waals surface area (Å²) in [5.41, 5.74) is 0.461. The predicted octanol–water partition coefficient (Wildman–Crippen LogP) is 3.47. The van der Waals surface area contributed by atoms with Crippen molar-refractivity contribution in [3.8, 4) is 0 Å². The van der Waals surface area contributed by atoms with Crippen LogP contribution in [0.25, 0.3) is 5.65 Å². The number of aromatic nitrogens is 3. The van der Waals surface area contributed by atoms with Crippen LogP contribution in [0.1, 0.15) is 50.9 Å². The highest BCUT2D eigenvalue weighted by Crippen LogP contribution is 2.38. The van der Waals surface area contributed by atoms with Crippen molar-refractivity contribution in [3.05, 3.63) is 65.1 Å². The number of alkyl halides is 3. The molecule has 0 aliphatic carbocycles. The number of halogens is 3. The summed E-state index contributed by atoms with van der Waals surface area (Å²) in [6, 6.07) is 8.77. The number of nitrogens with zero attached hydrogens (tertiary/aromatic N) is 5. The van der Waals surface area contributed by atoms with Gasteiger partial charge >= 0.3 is 6.18 Å². The van der Waals surface area contributed by atoms with Crippen molar-refractivity contribution >= 4 is 17.5 Å². The van der Waals surface area contributed by atoms with E-state index in [2.05, 4.69) is 10.2 Å². The molecule has 0 N–H and O–H groups in total. The Bertz CT molecular complexity index is 1160. The molecule has 2 aromatic heterocycles. The molecule has 0 unspecified atom stereocenters. The highest BCUT2D eigenvalue weighted by atomic mass is 19.4. The molecule has 2 amide bonds. The van der Waals surface area contributed by atoms with Crippen molar-refractivity contribution in [2.75, 3.05) is 27.2 Å². The van der Waals surface area contributed by atoms with Crippen LogP contribution in [0, 0.1) is 0 Å². The Morgan fingerprint density at radius 1 is 1.06 bits per heavy atom. The Balaban J connectivity index is 1.50. The largest absolute Gasteiger partial charge is 0.416 e. The second-order valence-electron chi connectivity index (χ2n) is 8.02. The van der Waals surface area contributed by atoms with Gasteiger partial charge in [-0.25, -0.2) is 0 Å².